The standard InChI is InChI=1S/C18H34N2O2S/c1-14(19-15-8-11-23-12-9-15)13-16-7-5-6-10-20(16)17(21)22-18(2,3)4/h14-16,19H,5-13H2,1-4H3. The number of thioether (sulfide) groups is 1. The Bertz CT molecular complexity index is 378. The minimum atomic E-state index is -0.414. The molecule has 2 atom stereocenters. The van der Waals surface area contributed by atoms with E-state index in [-0.39, 0.29) is 6.09 Å². The first kappa shape index (κ1) is 18.9. The van der Waals surface area contributed by atoms with Crippen molar-refractivity contribution < 1.29 is 9.53 Å². The molecule has 2 fully saturated rings. The maximum atomic E-state index is 12.5. The van der Waals surface area contributed by atoms with Crippen LogP contribution in [0.5, 0.6) is 0 Å². The van der Waals surface area contributed by atoms with Crippen molar-refractivity contribution in [1.82, 2.24) is 10.2 Å². The van der Waals surface area contributed by atoms with Gasteiger partial charge in [0.1, 0.15) is 5.60 Å². The van der Waals surface area contributed by atoms with Gasteiger partial charge in [-0.25, -0.2) is 4.79 Å². The molecular weight excluding hydrogens is 308 g/mol. The molecular formula is C18H34N2O2S. The minimum absolute atomic E-state index is 0.136. The lowest BCUT2D eigenvalue weighted by Crippen LogP contribution is -2.49. The second-order valence-corrected chi connectivity index (χ2v) is 9.24. The minimum Gasteiger partial charge on any atom is -0.444 e. The molecule has 23 heavy (non-hydrogen) atoms. The topological polar surface area (TPSA) is 41.6 Å². The van der Waals surface area contributed by atoms with E-state index < -0.39 is 5.60 Å². The average molecular weight is 343 g/mol. The van der Waals surface area contributed by atoms with E-state index in [9.17, 15) is 4.79 Å². The summed E-state index contributed by atoms with van der Waals surface area (Å²) in [7, 11) is 0. The van der Waals surface area contributed by atoms with Gasteiger partial charge in [-0.3, -0.25) is 0 Å². The van der Waals surface area contributed by atoms with Gasteiger partial charge in [0.25, 0.3) is 0 Å². The summed E-state index contributed by atoms with van der Waals surface area (Å²) in [5.41, 5.74) is -0.414. The van der Waals surface area contributed by atoms with Gasteiger partial charge in [-0.15, -0.1) is 0 Å². The molecule has 2 aliphatic heterocycles. The van der Waals surface area contributed by atoms with Crippen LogP contribution in [-0.2, 0) is 4.74 Å². The molecule has 2 aliphatic rings. The number of carbonyl (C=O) groups excluding carboxylic acids is 1. The molecule has 2 saturated heterocycles. The number of piperidine rings is 1. The Morgan fingerprint density at radius 1 is 1.26 bits per heavy atom. The van der Waals surface area contributed by atoms with Crippen LogP contribution in [0.15, 0.2) is 0 Å². The third-order valence-electron chi connectivity index (χ3n) is 4.62. The average Bonchev–Trinajstić information content (AvgIpc) is 2.47. The summed E-state index contributed by atoms with van der Waals surface area (Å²) in [6.45, 7) is 8.93. The van der Waals surface area contributed by atoms with Gasteiger partial charge >= 0.3 is 6.09 Å². The smallest absolute Gasteiger partial charge is 0.410 e. The number of ether oxygens (including phenoxy) is 1. The van der Waals surface area contributed by atoms with E-state index in [1.54, 1.807) is 0 Å². The molecule has 2 rings (SSSR count). The van der Waals surface area contributed by atoms with E-state index in [1.807, 2.05) is 25.7 Å². The molecule has 0 aromatic heterocycles. The van der Waals surface area contributed by atoms with Crippen LogP contribution in [0.3, 0.4) is 0 Å². The van der Waals surface area contributed by atoms with Gasteiger partial charge in [0.05, 0.1) is 0 Å². The summed E-state index contributed by atoms with van der Waals surface area (Å²) >= 11 is 2.06. The van der Waals surface area contributed by atoms with Crippen molar-refractivity contribution in [3.05, 3.63) is 0 Å². The van der Waals surface area contributed by atoms with Gasteiger partial charge < -0.3 is 15.0 Å². The molecule has 0 spiro atoms. The van der Waals surface area contributed by atoms with Crippen LogP contribution in [0.2, 0.25) is 0 Å². The van der Waals surface area contributed by atoms with Crippen molar-refractivity contribution in [2.45, 2.75) is 89.9 Å². The van der Waals surface area contributed by atoms with Crippen LogP contribution in [0.1, 0.15) is 66.2 Å². The molecule has 1 N–H and O–H groups in total. The fourth-order valence-corrected chi connectivity index (χ4v) is 4.66. The van der Waals surface area contributed by atoms with Crippen LogP contribution < -0.4 is 5.32 Å². The van der Waals surface area contributed by atoms with E-state index >= 15 is 0 Å². The molecule has 0 aromatic carbocycles. The van der Waals surface area contributed by atoms with Crippen molar-refractivity contribution in [3.8, 4) is 0 Å². The molecule has 0 aliphatic carbocycles. The fourth-order valence-electron chi connectivity index (χ4n) is 3.55. The van der Waals surface area contributed by atoms with Crippen LogP contribution in [0.4, 0.5) is 4.79 Å². The first-order valence-corrected chi connectivity index (χ1v) is 10.3. The van der Waals surface area contributed by atoms with Crippen molar-refractivity contribution in [1.29, 1.82) is 0 Å². The monoisotopic (exact) mass is 342 g/mol. The third kappa shape index (κ3) is 6.54. The van der Waals surface area contributed by atoms with E-state index in [0.29, 0.717) is 18.1 Å². The second-order valence-electron chi connectivity index (χ2n) is 8.01. The Hall–Kier alpha value is -0.420. The second kappa shape index (κ2) is 8.61. The van der Waals surface area contributed by atoms with Crippen LogP contribution in [-0.4, -0.2) is 52.8 Å². The molecule has 2 unspecified atom stereocenters. The lowest BCUT2D eigenvalue weighted by molar-refractivity contribution is 0.00777. The van der Waals surface area contributed by atoms with Crippen molar-refractivity contribution >= 4 is 17.9 Å². The predicted octanol–water partition coefficient (Wildman–Crippen LogP) is 4.04. The van der Waals surface area contributed by atoms with Crippen molar-refractivity contribution in [2.75, 3.05) is 18.1 Å². The molecule has 0 bridgehead atoms. The largest absolute Gasteiger partial charge is 0.444 e. The maximum Gasteiger partial charge on any atom is 0.410 e. The molecule has 0 aromatic rings. The predicted molar refractivity (Wildman–Crippen MR) is 98.1 cm³/mol. The number of carbonyl (C=O) groups is 1. The number of rotatable bonds is 4. The van der Waals surface area contributed by atoms with Gasteiger partial charge in [-0.1, -0.05) is 0 Å². The Kier molecular flexibility index (Phi) is 7.08. The number of likely N-dealkylation sites (tertiary alicyclic amines) is 1. The zero-order chi connectivity index (χ0) is 16.9. The first-order valence-electron chi connectivity index (χ1n) is 9.18. The highest BCUT2D eigenvalue weighted by Crippen LogP contribution is 2.24. The lowest BCUT2D eigenvalue weighted by atomic mass is 9.96. The zero-order valence-corrected chi connectivity index (χ0v) is 16.1. The number of nitrogens with one attached hydrogen (secondary N) is 1. The SMILES string of the molecule is CC(CC1CCCCN1C(=O)OC(C)(C)C)NC1CCSCC1. The summed E-state index contributed by atoms with van der Waals surface area (Å²) in [6, 6.07) is 1.43. The molecule has 5 heteroatoms. The Morgan fingerprint density at radius 3 is 2.61 bits per heavy atom. The highest BCUT2D eigenvalue weighted by molar-refractivity contribution is 7.99. The van der Waals surface area contributed by atoms with Gasteiger partial charge in [0, 0.05) is 24.7 Å². The van der Waals surface area contributed by atoms with Crippen molar-refractivity contribution in [2.24, 2.45) is 0 Å². The number of hydrogen-bond acceptors (Lipinski definition) is 4. The molecule has 4 nitrogen and oxygen atoms in total. The highest BCUT2D eigenvalue weighted by Gasteiger charge is 2.31. The zero-order valence-electron chi connectivity index (χ0n) is 15.3. The molecule has 2 heterocycles. The summed E-state index contributed by atoms with van der Waals surface area (Å²) in [5.74, 6) is 2.55. The summed E-state index contributed by atoms with van der Waals surface area (Å²) in [5, 5.41) is 3.78. The van der Waals surface area contributed by atoms with Gasteiger partial charge in [-0.05, 0) is 77.7 Å². The number of nitrogens with zero attached hydrogens (tertiary/aromatic N) is 1. The lowest BCUT2D eigenvalue weighted by Gasteiger charge is -2.38. The summed E-state index contributed by atoms with van der Waals surface area (Å²) < 4.78 is 5.60. The van der Waals surface area contributed by atoms with E-state index in [0.717, 1.165) is 25.8 Å². The maximum absolute atomic E-state index is 12.5. The van der Waals surface area contributed by atoms with Crippen molar-refractivity contribution in [3.63, 3.8) is 0 Å². The van der Waals surface area contributed by atoms with E-state index in [4.69, 9.17) is 4.74 Å². The quantitative estimate of drug-likeness (QED) is 0.837. The third-order valence-corrected chi connectivity index (χ3v) is 5.67. The van der Waals surface area contributed by atoms with Gasteiger partial charge in [0.15, 0.2) is 0 Å². The van der Waals surface area contributed by atoms with Crippen LogP contribution in [0, 0.1) is 0 Å². The van der Waals surface area contributed by atoms with E-state index in [2.05, 4.69) is 24.0 Å². The van der Waals surface area contributed by atoms with Crippen LogP contribution >= 0.6 is 11.8 Å². The number of amides is 1. The summed E-state index contributed by atoms with van der Waals surface area (Å²) in [4.78, 5) is 14.5. The Morgan fingerprint density at radius 2 is 1.96 bits per heavy atom. The Labute approximate surface area is 146 Å². The molecule has 0 saturated carbocycles. The normalized spacial score (nSPS) is 25.2. The molecule has 1 amide bonds. The van der Waals surface area contributed by atoms with Gasteiger partial charge in [0.2, 0.25) is 0 Å². The highest BCUT2D eigenvalue weighted by atomic mass is 32.2. The first-order chi connectivity index (χ1) is 10.8. The fraction of sp³-hybridized carbons (Fsp3) is 0.944. The molecule has 0 radical (unpaired) electrons. The van der Waals surface area contributed by atoms with E-state index in [1.165, 1.54) is 30.8 Å². The van der Waals surface area contributed by atoms with Gasteiger partial charge in [-0.2, -0.15) is 11.8 Å². The Balaban J connectivity index is 1.85. The van der Waals surface area contributed by atoms with Crippen LogP contribution in [0.25, 0.3) is 0 Å². The molecule has 134 valence electrons. The summed E-state index contributed by atoms with van der Waals surface area (Å²) in [6.07, 6.45) is 6.86. The number of hydrogen-bond donors (Lipinski definition) is 1.